The molecular formula is C13H18N2O4. The van der Waals surface area contributed by atoms with Crippen molar-refractivity contribution in [2.45, 2.75) is 38.5 Å². The zero-order valence-corrected chi connectivity index (χ0v) is 11.0. The second kappa shape index (κ2) is 5.05. The maximum absolute atomic E-state index is 12.0. The van der Waals surface area contributed by atoms with Crippen molar-refractivity contribution >= 4 is 11.9 Å². The van der Waals surface area contributed by atoms with Gasteiger partial charge in [-0.25, -0.2) is 4.79 Å². The molecule has 1 fully saturated rings. The summed E-state index contributed by atoms with van der Waals surface area (Å²) in [6.45, 7) is 4.49. The molecule has 1 saturated heterocycles. The number of carboxylic acids is 1. The van der Waals surface area contributed by atoms with Crippen molar-refractivity contribution in [1.82, 2.24) is 9.88 Å². The molecule has 1 aliphatic heterocycles. The average molecular weight is 266 g/mol. The molecule has 0 spiro atoms. The first-order chi connectivity index (χ1) is 8.92. The predicted octanol–water partition coefficient (Wildman–Crippen LogP) is 0.870. The fourth-order valence-corrected chi connectivity index (χ4v) is 2.26. The molecule has 2 unspecified atom stereocenters. The van der Waals surface area contributed by atoms with Gasteiger partial charge < -0.3 is 19.7 Å². The van der Waals surface area contributed by atoms with E-state index in [1.165, 1.54) is 10.6 Å². The minimum absolute atomic E-state index is 0.00303. The summed E-state index contributed by atoms with van der Waals surface area (Å²) in [5.74, 6) is -1.25. The van der Waals surface area contributed by atoms with Gasteiger partial charge in [0, 0.05) is 12.8 Å². The monoisotopic (exact) mass is 266 g/mol. The summed E-state index contributed by atoms with van der Waals surface area (Å²) in [7, 11) is 0. The van der Waals surface area contributed by atoms with E-state index in [4.69, 9.17) is 9.84 Å². The number of hydrogen-bond donors (Lipinski definition) is 2. The zero-order valence-electron chi connectivity index (χ0n) is 11.0. The van der Waals surface area contributed by atoms with E-state index in [9.17, 15) is 9.59 Å². The number of aromatic carboxylic acids is 1. The lowest BCUT2D eigenvalue weighted by atomic mass is 9.95. The number of nitrogens with one attached hydrogen (secondary N) is 1. The summed E-state index contributed by atoms with van der Waals surface area (Å²) in [6.07, 6.45) is 2.30. The van der Waals surface area contributed by atoms with Crippen LogP contribution in [0.25, 0.3) is 0 Å². The predicted molar refractivity (Wildman–Crippen MR) is 68.0 cm³/mol. The standard InChI is InChI=1S/C13H18N2O4/c1-9-13(2,5-7-19-9)14-11(16)8-15-6-3-4-10(15)12(17)18/h3-4,6,9H,5,7-8H2,1-2H3,(H,14,16)(H,17,18). The van der Waals surface area contributed by atoms with E-state index in [0.29, 0.717) is 6.61 Å². The Morgan fingerprint density at radius 1 is 1.63 bits per heavy atom. The van der Waals surface area contributed by atoms with Crippen molar-refractivity contribution in [2.24, 2.45) is 0 Å². The van der Waals surface area contributed by atoms with E-state index in [0.717, 1.165) is 6.42 Å². The molecule has 2 rings (SSSR count). The largest absolute Gasteiger partial charge is 0.477 e. The van der Waals surface area contributed by atoms with Gasteiger partial charge in [0.05, 0.1) is 11.6 Å². The highest BCUT2D eigenvalue weighted by Crippen LogP contribution is 2.24. The first-order valence-electron chi connectivity index (χ1n) is 6.23. The average Bonchev–Trinajstić information content (AvgIpc) is 2.87. The summed E-state index contributed by atoms with van der Waals surface area (Å²) < 4.78 is 6.87. The number of aromatic nitrogens is 1. The molecule has 0 saturated carbocycles. The number of carbonyl (C=O) groups is 2. The summed E-state index contributed by atoms with van der Waals surface area (Å²) in [4.78, 5) is 23.0. The molecule has 104 valence electrons. The van der Waals surface area contributed by atoms with E-state index in [2.05, 4.69) is 5.32 Å². The highest BCUT2D eigenvalue weighted by atomic mass is 16.5. The maximum Gasteiger partial charge on any atom is 0.352 e. The Morgan fingerprint density at radius 2 is 2.37 bits per heavy atom. The molecule has 2 N–H and O–H groups in total. The van der Waals surface area contributed by atoms with Crippen LogP contribution in [0.1, 0.15) is 30.8 Å². The van der Waals surface area contributed by atoms with E-state index in [-0.39, 0.29) is 29.8 Å². The molecule has 6 nitrogen and oxygen atoms in total. The third-order valence-electron chi connectivity index (χ3n) is 3.67. The molecule has 0 aromatic carbocycles. The van der Waals surface area contributed by atoms with Crippen LogP contribution in [0, 0.1) is 0 Å². The molecule has 2 atom stereocenters. The van der Waals surface area contributed by atoms with Crippen LogP contribution >= 0.6 is 0 Å². The van der Waals surface area contributed by atoms with Crippen molar-refractivity contribution in [3.05, 3.63) is 24.0 Å². The van der Waals surface area contributed by atoms with Crippen LogP contribution in [0.2, 0.25) is 0 Å². The lowest BCUT2D eigenvalue weighted by Crippen LogP contribution is -2.51. The minimum Gasteiger partial charge on any atom is -0.477 e. The Hall–Kier alpha value is -1.82. The molecule has 6 heteroatoms. The van der Waals surface area contributed by atoms with Crippen molar-refractivity contribution in [3.8, 4) is 0 Å². The van der Waals surface area contributed by atoms with Crippen LogP contribution in [0.15, 0.2) is 18.3 Å². The Balaban J connectivity index is 2.02. The smallest absolute Gasteiger partial charge is 0.352 e. The van der Waals surface area contributed by atoms with Crippen LogP contribution in [0.4, 0.5) is 0 Å². The number of carbonyl (C=O) groups excluding carboxylic acids is 1. The Kier molecular flexibility index (Phi) is 3.61. The van der Waals surface area contributed by atoms with E-state index < -0.39 is 5.97 Å². The molecule has 2 heterocycles. The molecular weight excluding hydrogens is 248 g/mol. The second-order valence-corrected chi connectivity index (χ2v) is 5.06. The van der Waals surface area contributed by atoms with Gasteiger partial charge >= 0.3 is 5.97 Å². The molecule has 19 heavy (non-hydrogen) atoms. The van der Waals surface area contributed by atoms with Gasteiger partial charge in [-0.2, -0.15) is 0 Å². The van der Waals surface area contributed by atoms with Crippen molar-refractivity contribution < 1.29 is 19.4 Å². The third-order valence-corrected chi connectivity index (χ3v) is 3.67. The lowest BCUT2D eigenvalue weighted by Gasteiger charge is -2.29. The second-order valence-electron chi connectivity index (χ2n) is 5.06. The van der Waals surface area contributed by atoms with Crippen molar-refractivity contribution in [1.29, 1.82) is 0 Å². The number of amides is 1. The molecule has 1 aromatic rings. The molecule has 1 amide bonds. The van der Waals surface area contributed by atoms with Crippen molar-refractivity contribution in [2.75, 3.05) is 6.61 Å². The Morgan fingerprint density at radius 3 is 2.95 bits per heavy atom. The van der Waals surface area contributed by atoms with Gasteiger partial charge in [-0.1, -0.05) is 0 Å². The highest BCUT2D eigenvalue weighted by Gasteiger charge is 2.38. The molecule has 0 radical (unpaired) electrons. The molecule has 1 aromatic heterocycles. The summed E-state index contributed by atoms with van der Waals surface area (Å²) in [6, 6.07) is 3.08. The first-order valence-corrected chi connectivity index (χ1v) is 6.23. The SMILES string of the molecule is CC1OCCC1(C)NC(=O)Cn1cccc1C(=O)O. The van der Waals surface area contributed by atoms with Gasteiger partial charge in [0.15, 0.2) is 0 Å². The zero-order chi connectivity index (χ0) is 14.0. The summed E-state index contributed by atoms with van der Waals surface area (Å²) in [5, 5.41) is 11.9. The van der Waals surface area contributed by atoms with Gasteiger partial charge in [-0.05, 0) is 32.4 Å². The first kappa shape index (κ1) is 13.6. The van der Waals surface area contributed by atoms with Crippen LogP contribution in [0.5, 0.6) is 0 Å². The van der Waals surface area contributed by atoms with Gasteiger partial charge in [-0.15, -0.1) is 0 Å². The van der Waals surface area contributed by atoms with Crippen LogP contribution in [0.3, 0.4) is 0 Å². The number of ether oxygens (including phenoxy) is 1. The van der Waals surface area contributed by atoms with E-state index in [1.807, 2.05) is 13.8 Å². The van der Waals surface area contributed by atoms with E-state index >= 15 is 0 Å². The van der Waals surface area contributed by atoms with Crippen LogP contribution in [-0.2, 0) is 16.1 Å². The minimum atomic E-state index is -1.04. The normalized spacial score (nSPS) is 26.3. The van der Waals surface area contributed by atoms with Gasteiger partial charge in [0.2, 0.25) is 5.91 Å². The highest BCUT2D eigenvalue weighted by molar-refractivity contribution is 5.87. The van der Waals surface area contributed by atoms with Crippen molar-refractivity contribution in [3.63, 3.8) is 0 Å². The topological polar surface area (TPSA) is 80.6 Å². The van der Waals surface area contributed by atoms with Gasteiger partial charge in [-0.3, -0.25) is 4.79 Å². The number of hydrogen-bond acceptors (Lipinski definition) is 3. The maximum atomic E-state index is 12.0. The number of carboxylic acid groups (broad SMARTS) is 1. The van der Waals surface area contributed by atoms with E-state index in [1.54, 1.807) is 12.3 Å². The number of nitrogens with zero attached hydrogens (tertiary/aromatic N) is 1. The summed E-state index contributed by atoms with van der Waals surface area (Å²) in [5.41, 5.74) is -0.274. The Labute approximate surface area is 111 Å². The van der Waals surface area contributed by atoms with Gasteiger partial charge in [0.25, 0.3) is 0 Å². The van der Waals surface area contributed by atoms with Crippen LogP contribution < -0.4 is 5.32 Å². The number of rotatable bonds is 4. The van der Waals surface area contributed by atoms with Gasteiger partial charge in [0.1, 0.15) is 12.2 Å². The molecule has 1 aliphatic rings. The summed E-state index contributed by atoms with van der Waals surface area (Å²) >= 11 is 0. The molecule has 0 bridgehead atoms. The molecule has 0 aliphatic carbocycles. The third kappa shape index (κ3) is 2.78. The Bertz CT molecular complexity index is 497. The fraction of sp³-hybridized carbons (Fsp3) is 0.538. The van der Waals surface area contributed by atoms with Crippen LogP contribution in [-0.4, -0.2) is 39.8 Å². The lowest BCUT2D eigenvalue weighted by molar-refractivity contribution is -0.124. The fourth-order valence-electron chi connectivity index (χ4n) is 2.26. The quantitative estimate of drug-likeness (QED) is 0.847.